The van der Waals surface area contributed by atoms with Gasteiger partial charge < -0.3 is 24.0 Å². The van der Waals surface area contributed by atoms with Gasteiger partial charge in [-0.15, -0.1) is 0 Å². The Morgan fingerprint density at radius 2 is 1.66 bits per heavy atom. The molecule has 0 spiro atoms. The maximum Gasteiger partial charge on any atom is 0.342 e. The second kappa shape index (κ2) is 9.52. The second-order valence-corrected chi connectivity index (χ2v) is 6.90. The van der Waals surface area contributed by atoms with Crippen molar-refractivity contribution in [3.63, 3.8) is 0 Å². The van der Waals surface area contributed by atoms with E-state index >= 15 is 0 Å². The Morgan fingerprint density at radius 3 is 2.34 bits per heavy atom. The summed E-state index contributed by atoms with van der Waals surface area (Å²) in [4.78, 5) is 28.6. The van der Waals surface area contributed by atoms with E-state index in [2.05, 4.69) is 4.90 Å². The number of carbonyl (C=O) groups excluding carboxylic acids is 2. The summed E-state index contributed by atoms with van der Waals surface area (Å²) in [7, 11) is 3.09. The number of methoxy groups -OCH3 is 2. The molecule has 154 valence electrons. The lowest BCUT2D eigenvalue weighted by atomic mass is 10.2. The highest BCUT2D eigenvalue weighted by atomic mass is 35.5. The standard InChI is InChI=1S/C21H23ClN2O5/c1-27-18-8-7-15(22)13-16(18)21(26)29-14-20(25)24-11-9-23(10-12-24)17-5-3-4-6-19(17)28-2/h3-8,13H,9-12,14H2,1-2H3. The molecular formula is C21H23ClN2O5. The minimum atomic E-state index is -0.648. The average molecular weight is 419 g/mol. The minimum Gasteiger partial charge on any atom is -0.496 e. The van der Waals surface area contributed by atoms with Gasteiger partial charge in [0.1, 0.15) is 17.1 Å². The Kier molecular flexibility index (Phi) is 6.82. The summed E-state index contributed by atoms with van der Waals surface area (Å²) < 4.78 is 15.7. The summed E-state index contributed by atoms with van der Waals surface area (Å²) in [6.45, 7) is 2.08. The molecule has 0 aromatic heterocycles. The fraction of sp³-hybridized carbons (Fsp3) is 0.333. The van der Waals surface area contributed by atoms with Crippen LogP contribution in [0.3, 0.4) is 0 Å². The predicted molar refractivity (Wildman–Crippen MR) is 110 cm³/mol. The molecule has 2 aromatic rings. The number of ether oxygens (including phenoxy) is 3. The summed E-state index contributed by atoms with van der Waals surface area (Å²) in [6, 6.07) is 12.4. The lowest BCUT2D eigenvalue weighted by Gasteiger charge is -2.36. The zero-order chi connectivity index (χ0) is 20.8. The van der Waals surface area contributed by atoms with Crippen molar-refractivity contribution in [2.45, 2.75) is 0 Å². The number of amides is 1. The maximum atomic E-state index is 12.5. The van der Waals surface area contributed by atoms with E-state index < -0.39 is 5.97 Å². The van der Waals surface area contributed by atoms with Gasteiger partial charge in [0, 0.05) is 31.2 Å². The third-order valence-corrected chi connectivity index (χ3v) is 5.00. The van der Waals surface area contributed by atoms with Gasteiger partial charge in [-0.25, -0.2) is 4.79 Å². The quantitative estimate of drug-likeness (QED) is 0.672. The molecule has 1 fully saturated rings. The number of esters is 1. The predicted octanol–water partition coefficient (Wildman–Crippen LogP) is 2.86. The first-order chi connectivity index (χ1) is 14.0. The first kappa shape index (κ1) is 20.8. The average Bonchev–Trinajstić information content (AvgIpc) is 2.77. The summed E-state index contributed by atoms with van der Waals surface area (Å²) in [5.41, 5.74) is 1.19. The molecule has 0 radical (unpaired) electrons. The van der Waals surface area contributed by atoms with Crippen LogP contribution in [0, 0.1) is 0 Å². The molecule has 8 heteroatoms. The molecule has 2 aromatic carbocycles. The number of para-hydroxylation sites is 2. The Balaban J connectivity index is 1.54. The molecule has 3 rings (SSSR count). The first-order valence-electron chi connectivity index (χ1n) is 9.20. The molecule has 0 saturated carbocycles. The van der Waals surface area contributed by atoms with Crippen LogP contribution < -0.4 is 14.4 Å². The highest BCUT2D eigenvalue weighted by Gasteiger charge is 2.24. The summed E-state index contributed by atoms with van der Waals surface area (Å²) in [6.07, 6.45) is 0. The van der Waals surface area contributed by atoms with Crippen LogP contribution in [0.15, 0.2) is 42.5 Å². The van der Waals surface area contributed by atoms with Crippen molar-refractivity contribution in [3.8, 4) is 11.5 Å². The molecule has 1 aliphatic heterocycles. The largest absolute Gasteiger partial charge is 0.496 e. The molecule has 29 heavy (non-hydrogen) atoms. The van der Waals surface area contributed by atoms with Gasteiger partial charge in [-0.3, -0.25) is 4.79 Å². The van der Waals surface area contributed by atoms with Crippen molar-refractivity contribution in [1.29, 1.82) is 0 Å². The van der Waals surface area contributed by atoms with E-state index in [9.17, 15) is 9.59 Å². The molecule has 0 atom stereocenters. The van der Waals surface area contributed by atoms with Crippen molar-refractivity contribution in [2.75, 3.05) is 51.9 Å². The summed E-state index contributed by atoms with van der Waals surface area (Å²) in [5, 5.41) is 0.386. The maximum absolute atomic E-state index is 12.5. The normalized spacial score (nSPS) is 13.8. The number of hydrogen-bond donors (Lipinski definition) is 0. The Hall–Kier alpha value is -2.93. The van der Waals surface area contributed by atoms with Gasteiger partial charge in [0.05, 0.1) is 19.9 Å². The van der Waals surface area contributed by atoms with Crippen molar-refractivity contribution in [3.05, 3.63) is 53.1 Å². The van der Waals surface area contributed by atoms with Crippen LogP contribution in [0.25, 0.3) is 0 Å². The molecule has 1 aliphatic rings. The molecule has 0 unspecified atom stereocenters. The van der Waals surface area contributed by atoms with Gasteiger partial charge in [-0.05, 0) is 30.3 Å². The number of hydrogen-bond acceptors (Lipinski definition) is 6. The van der Waals surface area contributed by atoms with Gasteiger partial charge >= 0.3 is 5.97 Å². The molecule has 1 heterocycles. The second-order valence-electron chi connectivity index (χ2n) is 6.46. The van der Waals surface area contributed by atoms with Crippen LogP contribution in [0.5, 0.6) is 11.5 Å². The lowest BCUT2D eigenvalue weighted by Crippen LogP contribution is -2.50. The van der Waals surface area contributed by atoms with Gasteiger partial charge in [-0.2, -0.15) is 0 Å². The van der Waals surface area contributed by atoms with Gasteiger partial charge in [0.25, 0.3) is 5.91 Å². The van der Waals surface area contributed by atoms with Crippen LogP contribution in [-0.2, 0) is 9.53 Å². The van der Waals surface area contributed by atoms with E-state index in [-0.39, 0.29) is 18.1 Å². The third-order valence-electron chi connectivity index (χ3n) is 4.77. The van der Waals surface area contributed by atoms with Crippen LogP contribution in [0.2, 0.25) is 5.02 Å². The third kappa shape index (κ3) is 4.92. The molecule has 1 saturated heterocycles. The molecule has 0 aliphatic carbocycles. The van der Waals surface area contributed by atoms with E-state index in [1.165, 1.54) is 13.2 Å². The van der Waals surface area contributed by atoms with E-state index in [0.29, 0.717) is 37.0 Å². The highest BCUT2D eigenvalue weighted by Crippen LogP contribution is 2.28. The number of carbonyl (C=O) groups is 2. The number of benzene rings is 2. The van der Waals surface area contributed by atoms with Crippen molar-refractivity contribution < 1.29 is 23.8 Å². The van der Waals surface area contributed by atoms with Crippen LogP contribution in [0.4, 0.5) is 5.69 Å². The van der Waals surface area contributed by atoms with Crippen molar-refractivity contribution in [2.24, 2.45) is 0 Å². The summed E-state index contributed by atoms with van der Waals surface area (Å²) >= 11 is 5.94. The zero-order valence-electron chi connectivity index (χ0n) is 16.4. The number of halogens is 1. The van der Waals surface area contributed by atoms with Gasteiger partial charge in [0.15, 0.2) is 6.61 Å². The van der Waals surface area contributed by atoms with Crippen LogP contribution in [-0.4, -0.2) is 63.8 Å². The fourth-order valence-electron chi connectivity index (χ4n) is 3.22. The van der Waals surface area contributed by atoms with Gasteiger partial charge in [0.2, 0.25) is 0 Å². The molecular weight excluding hydrogens is 396 g/mol. The number of nitrogens with zero attached hydrogens (tertiary/aromatic N) is 2. The monoisotopic (exact) mass is 418 g/mol. The Labute approximate surface area is 174 Å². The Bertz CT molecular complexity index is 881. The number of rotatable bonds is 6. The Morgan fingerprint density at radius 1 is 0.966 bits per heavy atom. The zero-order valence-corrected chi connectivity index (χ0v) is 17.1. The summed E-state index contributed by atoms with van der Waals surface area (Å²) in [5.74, 6) is 0.262. The minimum absolute atomic E-state index is 0.189. The SMILES string of the molecule is COc1ccc(Cl)cc1C(=O)OCC(=O)N1CCN(c2ccccc2OC)CC1. The van der Waals surface area contributed by atoms with Crippen LogP contribution in [0.1, 0.15) is 10.4 Å². The topological polar surface area (TPSA) is 68.3 Å². The molecule has 0 bridgehead atoms. The van der Waals surface area contributed by atoms with Crippen LogP contribution >= 0.6 is 11.6 Å². The van der Waals surface area contributed by atoms with E-state index in [1.54, 1.807) is 24.1 Å². The fourth-order valence-corrected chi connectivity index (χ4v) is 3.40. The lowest BCUT2D eigenvalue weighted by molar-refractivity contribution is -0.134. The van der Waals surface area contributed by atoms with Gasteiger partial charge in [-0.1, -0.05) is 23.7 Å². The molecule has 7 nitrogen and oxygen atoms in total. The first-order valence-corrected chi connectivity index (χ1v) is 9.57. The van der Waals surface area contributed by atoms with E-state index in [4.69, 9.17) is 25.8 Å². The molecule has 1 amide bonds. The van der Waals surface area contributed by atoms with Crippen molar-refractivity contribution >= 4 is 29.2 Å². The molecule has 0 N–H and O–H groups in total. The van der Waals surface area contributed by atoms with E-state index in [0.717, 1.165) is 11.4 Å². The van der Waals surface area contributed by atoms with Crippen molar-refractivity contribution in [1.82, 2.24) is 4.90 Å². The smallest absolute Gasteiger partial charge is 0.342 e. The number of piperazine rings is 1. The van der Waals surface area contributed by atoms with E-state index in [1.807, 2.05) is 24.3 Å². The number of anilines is 1. The highest BCUT2D eigenvalue weighted by molar-refractivity contribution is 6.31.